The molecule has 0 bridgehead atoms. The Kier molecular flexibility index (Phi) is 4.88. The van der Waals surface area contributed by atoms with Gasteiger partial charge in [0, 0.05) is 0 Å². The number of alkyl halides is 3. The molecule has 0 amide bonds. The lowest BCUT2D eigenvalue weighted by atomic mass is 10.4. The SMILES string of the molecule is CC(C)[n+]1ccn(-c2cnc(C(F)(F)F)nc2)c1.[I-]. The lowest BCUT2D eigenvalue weighted by Gasteiger charge is -2.03. The molecule has 4 nitrogen and oxygen atoms in total. The van der Waals surface area contributed by atoms with Crippen LogP contribution in [-0.4, -0.2) is 14.5 Å². The molecule has 8 heteroatoms. The standard InChI is InChI=1S/C11H12F3N4.HI/c1-8(2)17-3-4-18(7-17)9-5-15-10(16-6-9)11(12,13)14;/h3-8H,1-2H3;1H/q+1;/p-1. The van der Waals surface area contributed by atoms with E-state index in [1.807, 2.05) is 24.6 Å². The molecule has 0 aliphatic carbocycles. The maximum Gasteiger partial charge on any atom is 0.451 e. The fourth-order valence-electron chi connectivity index (χ4n) is 1.43. The topological polar surface area (TPSA) is 34.6 Å². The molecule has 2 heterocycles. The molecule has 0 unspecified atom stereocenters. The average Bonchev–Trinajstić information content (AvgIpc) is 2.77. The summed E-state index contributed by atoms with van der Waals surface area (Å²) in [5.41, 5.74) is 0.488. The average molecular weight is 384 g/mol. The van der Waals surface area contributed by atoms with Crippen LogP contribution in [0.4, 0.5) is 13.2 Å². The molecule has 0 N–H and O–H groups in total. The minimum Gasteiger partial charge on any atom is -1.00 e. The second-order valence-electron chi connectivity index (χ2n) is 4.12. The molecule has 2 aromatic heterocycles. The lowest BCUT2D eigenvalue weighted by Crippen LogP contribution is -3.00. The first kappa shape index (κ1) is 15.9. The minimum absolute atomic E-state index is 0. The van der Waals surface area contributed by atoms with E-state index in [0.717, 1.165) is 12.4 Å². The summed E-state index contributed by atoms with van der Waals surface area (Å²) in [6, 6.07) is 0.279. The molecule has 19 heavy (non-hydrogen) atoms. The molecule has 0 aliphatic heterocycles. The fraction of sp³-hybridized carbons (Fsp3) is 0.364. The monoisotopic (exact) mass is 384 g/mol. The summed E-state index contributed by atoms with van der Waals surface area (Å²) in [5, 5.41) is 0. The van der Waals surface area contributed by atoms with Crippen molar-refractivity contribution in [2.24, 2.45) is 0 Å². The summed E-state index contributed by atoms with van der Waals surface area (Å²) < 4.78 is 40.5. The van der Waals surface area contributed by atoms with Crippen molar-refractivity contribution in [3.63, 3.8) is 0 Å². The Balaban J connectivity index is 0.00000180. The maximum atomic E-state index is 12.3. The highest BCUT2D eigenvalue weighted by Crippen LogP contribution is 2.25. The summed E-state index contributed by atoms with van der Waals surface area (Å²) in [4.78, 5) is 6.63. The molecule has 0 fully saturated rings. The second-order valence-corrected chi connectivity index (χ2v) is 4.12. The molecule has 0 aromatic carbocycles. The molecule has 104 valence electrons. The van der Waals surface area contributed by atoms with E-state index in [2.05, 4.69) is 9.97 Å². The van der Waals surface area contributed by atoms with Crippen LogP contribution < -0.4 is 28.5 Å². The zero-order valence-electron chi connectivity index (χ0n) is 10.3. The van der Waals surface area contributed by atoms with Crippen molar-refractivity contribution in [2.75, 3.05) is 0 Å². The summed E-state index contributed by atoms with van der Waals surface area (Å²) in [6.45, 7) is 4.02. The largest absolute Gasteiger partial charge is 1.00 e. The van der Waals surface area contributed by atoms with Gasteiger partial charge in [0.15, 0.2) is 5.69 Å². The third-order valence-corrected chi connectivity index (χ3v) is 2.44. The predicted octanol–water partition coefficient (Wildman–Crippen LogP) is -0.841. The van der Waals surface area contributed by atoms with Gasteiger partial charge in [-0.2, -0.15) is 17.7 Å². The third-order valence-electron chi connectivity index (χ3n) is 2.44. The maximum absolute atomic E-state index is 12.3. The van der Waals surface area contributed by atoms with E-state index >= 15 is 0 Å². The van der Waals surface area contributed by atoms with E-state index in [0.29, 0.717) is 5.69 Å². The number of nitrogens with zero attached hydrogens (tertiary/aromatic N) is 4. The van der Waals surface area contributed by atoms with Crippen LogP contribution in [-0.2, 0) is 6.18 Å². The Labute approximate surface area is 125 Å². The highest BCUT2D eigenvalue weighted by Gasteiger charge is 2.34. The molecular weight excluding hydrogens is 372 g/mol. The molecule has 0 aliphatic rings. The highest BCUT2D eigenvalue weighted by atomic mass is 127. The van der Waals surface area contributed by atoms with Gasteiger partial charge in [0.1, 0.15) is 12.4 Å². The quantitative estimate of drug-likeness (QED) is 0.500. The Hall–Kier alpha value is -1.19. The number of imidazole rings is 1. The van der Waals surface area contributed by atoms with E-state index in [1.54, 1.807) is 17.1 Å². The number of hydrogen-bond acceptors (Lipinski definition) is 2. The van der Waals surface area contributed by atoms with Crippen molar-refractivity contribution in [3.05, 3.63) is 36.9 Å². The Morgan fingerprint density at radius 2 is 1.79 bits per heavy atom. The molecule has 0 saturated carbocycles. The summed E-state index contributed by atoms with van der Waals surface area (Å²) in [5.74, 6) is -1.13. The van der Waals surface area contributed by atoms with Crippen LogP contribution in [0.25, 0.3) is 5.69 Å². The van der Waals surface area contributed by atoms with Crippen LogP contribution in [0.2, 0.25) is 0 Å². The van der Waals surface area contributed by atoms with Crippen LogP contribution >= 0.6 is 0 Å². The first-order valence-corrected chi connectivity index (χ1v) is 5.36. The zero-order chi connectivity index (χ0) is 13.3. The predicted molar refractivity (Wildman–Crippen MR) is 56.9 cm³/mol. The van der Waals surface area contributed by atoms with Crippen LogP contribution in [0.3, 0.4) is 0 Å². The first-order chi connectivity index (χ1) is 8.38. The van der Waals surface area contributed by atoms with Gasteiger partial charge >= 0.3 is 6.18 Å². The summed E-state index contributed by atoms with van der Waals surface area (Å²) >= 11 is 0. The number of rotatable bonds is 2. The lowest BCUT2D eigenvalue weighted by molar-refractivity contribution is -0.715. The number of aromatic nitrogens is 4. The van der Waals surface area contributed by atoms with Crippen LogP contribution in [0.15, 0.2) is 31.1 Å². The minimum atomic E-state index is -4.51. The van der Waals surface area contributed by atoms with E-state index in [4.69, 9.17) is 0 Å². The molecule has 2 rings (SSSR count). The van der Waals surface area contributed by atoms with Crippen LogP contribution in [0.1, 0.15) is 25.7 Å². The molecule has 2 aromatic rings. The summed E-state index contributed by atoms with van der Waals surface area (Å²) in [6.07, 6.45) is 3.15. The summed E-state index contributed by atoms with van der Waals surface area (Å²) in [7, 11) is 0. The van der Waals surface area contributed by atoms with Crippen LogP contribution in [0, 0.1) is 0 Å². The molecular formula is C11H12F3IN4. The van der Waals surface area contributed by atoms with Gasteiger partial charge in [-0.15, -0.1) is 0 Å². The fourth-order valence-corrected chi connectivity index (χ4v) is 1.43. The smallest absolute Gasteiger partial charge is 0.451 e. The first-order valence-electron chi connectivity index (χ1n) is 5.36. The van der Waals surface area contributed by atoms with Crippen molar-refractivity contribution in [2.45, 2.75) is 26.1 Å². The van der Waals surface area contributed by atoms with Crippen LogP contribution in [0.5, 0.6) is 0 Å². The third kappa shape index (κ3) is 3.64. The van der Waals surface area contributed by atoms with E-state index < -0.39 is 12.0 Å². The Bertz CT molecular complexity index is 534. The van der Waals surface area contributed by atoms with E-state index in [-0.39, 0.29) is 30.0 Å². The van der Waals surface area contributed by atoms with Gasteiger partial charge in [-0.3, -0.25) is 0 Å². The molecule has 0 spiro atoms. The van der Waals surface area contributed by atoms with Gasteiger partial charge in [-0.1, -0.05) is 0 Å². The molecule has 0 radical (unpaired) electrons. The van der Waals surface area contributed by atoms with Crippen molar-refractivity contribution in [3.8, 4) is 5.69 Å². The number of halogens is 4. The van der Waals surface area contributed by atoms with Crippen molar-refractivity contribution in [1.82, 2.24) is 14.5 Å². The van der Waals surface area contributed by atoms with Gasteiger partial charge in [0.05, 0.1) is 18.4 Å². The van der Waals surface area contributed by atoms with Gasteiger partial charge in [-0.05, 0) is 13.8 Å². The van der Waals surface area contributed by atoms with Gasteiger partial charge < -0.3 is 24.0 Å². The van der Waals surface area contributed by atoms with Crippen molar-refractivity contribution < 1.29 is 41.7 Å². The number of hydrogen-bond donors (Lipinski definition) is 0. The van der Waals surface area contributed by atoms with Gasteiger partial charge in [0.25, 0.3) is 0 Å². The van der Waals surface area contributed by atoms with Crippen molar-refractivity contribution in [1.29, 1.82) is 0 Å². The van der Waals surface area contributed by atoms with E-state index in [9.17, 15) is 13.2 Å². The van der Waals surface area contributed by atoms with Gasteiger partial charge in [0.2, 0.25) is 12.2 Å². The second kappa shape index (κ2) is 5.85. The van der Waals surface area contributed by atoms with Crippen molar-refractivity contribution >= 4 is 0 Å². The normalized spacial score (nSPS) is 11.5. The molecule has 0 saturated heterocycles. The van der Waals surface area contributed by atoms with Gasteiger partial charge in [-0.25, -0.2) is 14.5 Å². The Morgan fingerprint density at radius 1 is 1.21 bits per heavy atom. The Morgan fingerprint density at radius 3 is 2.21 bits per heavy atom. The molecule has 0 atom stereocenters. The van der Waals surface area contributed by atoms with E-state index in [1.165, 1.54) is 0 Å². The highest BCUT2D eigenvalue weighted by molar-refractivity contribution is 5.24. The zero-order valence-corrected chi connectivity index (χ0v) is 12.4.